The highest BCUT2D eigenvalue weighted by Gasteiger charge is 2.27. The molecular weight excluding hydrogens is 402 g/mol. The number of thiazole rings is 1. The topological polar surface area (TPSA) is 62.3 Å². The summed E-state index contributed by atoms with van der Waals surface area (Å²) < 4.78 is 2.27. The second-order valence-corrected chi connectivity index (χ2v) is 9.37. The fourth-order valence-corrected chi connectivity index (χ4v) is 5.56. The molecule has 3 aromatic rings. The average molecular weight is 426 g/mol. The van der Waals surface area contributed by atoms with E-state index in [1.165, 1.54) is 10.3 Å². The molecule has 2 aromatic carbocycles. The van der Waals surface area contributed by atoms with Crippen molar-refractivity contribution in [3.05, 3.63) is 59.7 Å². The molecule has 2 heterocycles. The number of carbonyl (C=O) groups excluding carboxylic acids is 2. The summed E-state index contributed by atoms with van der Waals surface area (Å²) in [5, 5.41) is 2.70. The molecule has 150 valence electrons. The van der Waals surface area contributed by atoms with E-state index in [0.717, 1.165) is 28.5 Å². The molecule has 1 aromatic heterocycles. The van der Waals surface area contributed by atoms with Crippen molar-refractivity contribution in [1.82, 2.24) is 15.2 Å². The first-order chi connectivity index (χ1) is 14.1. The number of nitrogens with one attached hydrogen (secondary N) is 1. The van der Waals surface area contributed by atoms with Gasteiger partial charge in [0.05, 0.1) is 10.2 Å². The Bertz CT molecular complexity index is 975. The minimum atomic E-state index is 0.0194. The first kappa shape index (κ1) is 19.9. The van der Waals surface area contributed by atoms with Gasteiger partial charge in [-0.2, -0.15) is 0 Å². The van der Waals surface area contributed by atoms with E-state index in [0.29, 0.717) is 18.7 Å². The number of piperidine rings is 1. The summed E-state index contributed by atoms with van der Waals surface area (Å²) in [4.78, 5) is 31.0. The van der Waals surface area contributed by atoms with Crippen molar-refractivity contribution < 1.29 is 9.59 Å². The van der Waals surface area contributed by atoms with Gasteiger partial charge >= 0.3 is 0 Å². The third-order valence-electron chi connectivity index (χ3n) is 5.24. The van der Waals surface area contributed by atoms with Crippen molar-refractivity contribution in [2.75, 3.05) is 20.1 Å². The molecule has 1 aliphatic heterocycles. The molecule has 1 fully saturated rings. The second-order valence-electron chi connectivity index (χ2n) is 7.11. The molecule has 2 amide bonds. The van der Waals surface area contributed by atoms with Crippen molar-refractivity contribution in [2.24, 2.45) is 5.92 Å². The van der Waals surface area contributed by atoms with Crippen molar-refractivity contribution in [1.29, 1.82) is 0 Å². The number of fused-ring (bicyclic) bond motifs is 1. The van der Waals surface area contributed by atoms with Gasteiger partial charge in [-0.05, 0) is 42.7 Å². The molecule has 0 bridgehead atoms. The van der Waals surface area contributed by atoms with Gasteiger partial charge in [0, 0.05) is 37.4 Å². The molecule has 0 saturated carbocycles. The minimum absolute atomic E-state index is 0.0194. The molecule has 0 radical (unpaired) electrons. The van der Waals surface area contributed by atoms with E-state index in [4.69, 9.17) is 0 Å². The van der Waals surface area contributed by atoms with Crippen molar-refractivity contribution in [3.63, 3.8) is 0 Å². The first-order valence-corrected chi connectivity index (χ1v) is 11.5. The van der Waals surface area contributed by atoms with Crippen LogP contribution in [0.4, 0.5) is 0 Å². The number of amides is 2. The van der Waals surface area contributed by atoms with Crippen LogP contribution in [-0.2, 0) is 10.5 Å². The minimum Gasteiger partial charge on any atom is -0.359 e. The lowest BCUT2D eigenvalue weighted by molar-refractivity contribution is -0.125. The Balaban J connectivity index is 1.33. The highest BCUT2D eigenvalue weighted by Crippen LogP contribution is 2.31. The summed E-state index contributed by atoms with van der Waals surface area (Å²) in [5.74, 6) is 0.968. The Morgan fingerprint density at radius 2 is 1.86 bits per heavy atom. The predicted octanol–water partition coefficient (Wildman–Crippen LogP) is 4.19. The van der Waals surface area contributed by atoms with Crippen LogP contribution in [0.5, 0.6) is 0 Å². The largest absolute Gasteiger partial charge is 0.359 e. The van der Waals surface area contributed by atoms with Crippen LogP contribution in [0.1, 0.15) is 28.8 Å². The van der Waals surface area contributed by atoms with Crippen LogP contribution >= 0.6 is 23.1 Å². The third kappa shape index (κ3) is 4.62. The van der Waals surface area contributed by atoms with E-state index < -0.39 is 0 Å². The summed E-state index contributed by atoms with van der Waals surface area (Å²) in [5.41, 5.74) is 2.92. The van der Waals surface area contributed by atoms with Gasteiger partial charge in [0.25, 0.3) is 5.91 Å². The van der Waals surface area contributed by atoms with Gasteiger partial charge in [0.1, 0.15) is 0 Å². The number of aromatic nitrogens is 1. The third-order valence-corrected chi connectivity index (χ3v) is 7.49. The van der Waals surface area contributed by atoms with Crippen molar-refractivity contribution in [3.8, 4) is 0 Å². The number of hydrogen-bond donors (Lipinski definition) is 1. The molecule has 5 nitrogen and oxygen atoms in total. The van der Waals surface area contributed by atoms with E-state index in [-0.39, 0.29) is 17.7 Å². The van der Waals surface area contributed by atoms with E-state index in [1.807, 2.05) is 47.4 Å². The van der Waals surface area contributed by atoms with Crippen LogP contribution < -0.4 is 5.32 Å². The zero-order valence-corrected chi connectivity index (χ0v) is 17.9. The zero-order chi connectivity index (χ0) is 20.2. The van der Waals surface area contributed by atoms with Crippen LogP contribution in [0.15, 0.2) is 52.9 Å². The summed E-state index contributed by atoms with van der Waals surface area (Å²) in [6.45, 7) is 1.26. The van der Waals surface area contributed by atoms with Gasteiger partial charge in [-0.3, -0.25) is 9.59 Å². The average Bonchev–Trinajstić information content (AvgIpc) is 3.20. The number of para-hydroxylation sites is 1. The SMILES string of the molecule is CNC(=O)C1CCN(C(=O)c2ccc(CSc3nc4ccccc4s3)cc2)CC1. The smallest absolute Gasteiger partial charge is 0.253 e. The maximum absolute atomic E-state index is 12.7. The van der Waals surface area contributed by atoms with Crippen LogP contribution in [0.25, 0.3) is 10.2 Å². The number of rotatable bonds is 5. The Labute approximate surface area is 178 Å². The molecular formula is C22H23N3O2S2. The predicted molar refractivity (Wildman–Crippen MR) is 118 cm³/mol. The van der Waals surface area contributed by atoms with E-state index >= 15 is 0 Å². The zero-order valence-electron chi connectivity index (χ0n) is 16.3. The maximum Gasteiger partial charge on any atom is 0.253 e. The van der Waals surface area contributed by atoms with Gasteiger partial charge in [-0.15, -0.1) is 11.3 Å². The van der Waals surface area contributed by atoms with Gasteiger partial charge in [-0.25, -0.2) is 4.98 Å². The van der Waals surface area contributed by atoms with Crippen molar-refractivity contribution in [2.45, 2.75) is 22.9 Å². The number of benzene rings is 2. The summed E-state index contributed by atoms with van der Waals surface area (Å²) >= 11 is 3.43. The van der Waals surface area contributed by atoms with Gasteiger partial charge in [0.15, 0.2) is 4.34 Å². The fraction of sp³-hybridized carbons (Fsp3) is 0.318. The monoisotopic (exact) mass is 425 g/mol. The molecule has 0 spiro atoms. The molecule has 1 saturated heterocycles. The van der Waals surface area contributed by atoms with Crippen molar-refractivity contribution >= 4 is 45.1 Å². The second kappa shape index (κ2) is 8.97. The summed E-state index contributed by atoms with van der Waals surface area (Å²) in [7, 11) is 1.66. The molecule has 1 aliphatic rings. The van der Waals surface area contributed by atoms with Crippen LogP contribution in [-0.4, -0.2) is 41.8 Å². The molecule has 0 unspecified atom stereocenters. The molecule has 0 aliphatic carbocycles. The fourth-order valence-electron chi connectivity index (χ4n) is 3.53. The normalized spacial score (nSPS) is 14.9. The number of hydrogen-bond acceptors (Lipinski definition) is 5. The van der Waals surface area contributed by atoms with E-state index in [9.17, 15) is 9.59 Å². The van der Waals surface area contributed by atoms with Gasteiger partial charge < -0.3 is 10.2 Å². The lowest BCUT2D eigenvalue weighted by atomic mass is 9.95. The Kier molecular flexibility index (Phi) is 6.16. The lowest BCUT2D eigenvalue weighted by Gasteiger charge is -2.31. The standard InChI is InChI=1S/C22H23N3O2S2/c1-23-20(26)16-10-12-25(13-11-16)21(27)17-8-6-15(7-9-17)14-28-22-24-18-4-2-3-5-19(18)29-22/h2-9,16H,10-14H2,1H3,(H,23,26). The number of likely N-dealkylation sites (tertiary alicyclic amines) is 1. The molecule has 0 atom stereocenters. The van der Waals surface area contributed by atoms with Gasteiger partial charge in [-0.1, -0.05) is 36.0 Å². The maximum atomic E-state index is 12.7. The molecule has 29 heavy (non-hydrogen) atoms. The highest BCUT2D eigenvalue weighted by molar-refractivity contribution is 8.00. The van der Waals surface area contributed by atoms with E-state index in [1.54, 1.807) is 30.1 Å². The van der Waals surface area contributed by atoms with E-state index in [2.05, 4.69) is 16.4 Å². The number of nitrogens with zero attached hydrogens (tertiary/aromatic N) is 2. The van der Waals surface area contributed by atoms with Crippen LogP contribution in [0.3, 0.4) is 0 Å². The van der Waals surface area contributed by atoms with Crippen LogP contribution in [0, 0.1) is 5.92 Å². The molecule has 4 rings (SSSR count). The quantitative estimate of drug-likeness (QED) is 0.623. The first-order valence-electron chi connectivity index (χ1n) is 9.72. The lowest BCUT2D eigenvalue weighted by Crippen LogP contribution is -2.42. The highest BCUT2D eigenvalue weighted by atomic mass is 32.2. The van der Waals surface area contributed by atoms with Gasteiger partial charge in [0.2, 0.25) is 5.91 Å². The molecule has 1 N–H and O–H groups in total. The summed E-state index contributed by atoms with van der Waals surface area (Å²) in [6, 6.07) is 16.0. The Morgan fingerprint density at radius 3 is 2.55 bits per heavy atom. The Hall–Kier alpha value is -2.38. The Morgan fingerprint density at radius 1 is 1.14 bits per heavy atom. The number of carbonyl (C=O) groups is 2. The van der Waals surface area contributed by atoms with Crippen LogP contribution in [0.2, 0.25) is 0 Å². The summed E-state index contributed by atoms with van der Waals surface area (Å²) in [6.07, 6.45) is 1.45. The number of thioether (sulfide) groups is 1. The molecule has 7 heteroatoms.